The van der Waals surface area contributed by atoms with Crippen molar-refractivity contribution < 1.29 is 52.3 Å². The molecule has 0 bridgehead atoms. The van der Waals surface area contributed by atoms with E-state index in [4.69, 9.17) is 18.5 Å². The van der Waals surface area contributed by atoms with Crippen LogP contribution in [-0.2, 0) is 32.7 Å². The second-order valence-electron chi connectivity index (χ2n) is 18.2. The number of ether oxygens (including phenoxy) is 2. The summed E-state index contributed by atoms with van der Waals surface area (Å²) in [6, 6.07) is 0. The van der Waals surface area contributed by atoms with E-state index in [9.17, 15) is 29.3 Å². The predicted octanol–water partition coefficient (Wildman–Crippen LogP) is 12.1. The molecule has 11 nitrogen and oxygen atoms in total. The number of carbonyl (C=O) groups excluding carboxylic acids is 2. The molecular formula is C48H95NO10P+. The second-order valence-corrected chi connectivity index (χ2v) is 19.6. The van der Waals surface area contributed by atoms with Gasteiger partial charge >= 0.3 is 19.8 Å². The summed E-state index contributed by atoms with van der Waals surface area (Å²) in [5.41, 5.74) is 0. The fourth-order valence-electron chi connectivity index (χ4n) is 6.98. The Morgan fingerprint density at radius 1 is 0.567 bits per heavy atom. The standard InChI is InChI=1S/C48H94NO10P/c1-6-8-10-12-14-15-16-17-18-19-20-21-22-23-24-25-26-30-35-39-48(53)59-44(43-58-60(54,55)57-41-40-49(3,4)5)42-56-47(52)38-34-31-27-29-33-37-46(51)45(50)36-32-28-13-11-9-7-2/h28,32,44-46,50-51H,6-27,29-31,33-43H2,1-5H3/p+1/b32-28-/t44-,45-,46-/m1/s1. The van der Waals surface area contributed by atoms with Crippen LogP contribution in [-0.4, -0.2) is 97.3 Å². The maximum Gasteiger partial charge on any atom is 0.472 e. The summed E-state index contributed by atoms with van der Waals surface area (Å²) < 4.78 is 34.3. The second kappa shape index (κ2) is 40.4. The third-order valence-corrected chi connectivity index (χ3v) is 12.0. The first-order valence-electron chi connectivity index (χ1n) is 24.6. The Kier molecular flexibility index (Phi) is 39.5. The van der Waals surface area contributed by atoms with E-state index in [-0.39, 0.29) is 26.1 Å². The Hall–Kier alpha value is -1.33. The van der Waals surface area contributed by atoms with Crippen LogP contribution in [0.2, 0.25) is 0 Å². The van der Waals surface area contributed by atoms with Gasteiger partial charge in [-0.2, -0.15) is 0 Å². The highest BCUT2D eigenvalue weighted by Crippen LogP contribution is 2.43. The number of aliphatic hydroxyl groups excluding tert-OH is 2. The fourth-order valence-corrected chi connectivity index (χ4v) is 7.72. The summed E-state index contributed by atoms with van der Waals surface area (Å²) in [6.45, 7) is 4.22. The van der Waals surface area contributed by atoms with Crippen LogP contribution >= 0.6 is 7.82 Å². The van der Waals surface area contributed by atoms with Crippen molar-refractivity contribution in [1.29, 1.82) is 0 Å². The summed E-state index contributed by atoms with van der Waals surface area (Å²) in [4.78, 5) is 35.5. The van der Waals surface area contributed by atoms with Crippen molar-refractivity contribution in [2.45, 2.75) is 238 Å². The number of phosphoric acid groups is 1. The minimum absolute atomic E-state index is 0.00943. The molecule has 60 heavy (non-hydrogen) atoms. The van der Waals surface area contributed by atoms with Crippen LogP contribution in [0, 0.1) is 0 Å². The number of likely N-dealkylation sites (N-methyl/N-ethyl adjacent to an activating group) is 1. The molecule has 12 heteroatoms. The van der Waals surface area contributed by atoms with Gasteiger partial charge in [0.1, 0.15) is 19.8 Å². The van der Waals surface area contributed by atoms with E-state index in [0.717, 1.165) is 57.8 Å². The summed E-state index contributed by atoms with van der Waals surface area (Å²) >= 11 is 0. The molecule has 3 N–H and O–H groups in total. The molecule has 0 aliphatic rings. The summed E-state index contributed by atoms with van der Waals surface area (Å²) in [5.74, 6) is -0.899. The average molecular weight is 877 g/mol. The molecule has 0 aromatic carbocycles. The lowest BCUT2D eigenvalue weighted by Crippen LogP contribution is -2.37. The Morgan fingerprint density at radius 3 is 1.52 bits per heavy atom. The largest absolute Gasteiger partial charge is 0.472 e. The van der Waals surface area contributed by atoms with Crippen molar-refractivity contribution in [2.75, 3.05) is 47.5 Å². The lowest BCUT2D eigenvalue weighted by molar-refractivity contribution is -0.870. The summed E-state index contributed by atoms with van der Waals surface area (Å²) in [7, 11) is 1.40. The Bertz CT molecular complexity index is 1070. The molecule has 0 rings (SSSR count). The van der Waals surface area contributed by atoms with E-state index < -0.39 is 44.7 Å². The van der Waals surface area contributed by atoms with Gasteiger partial charge in [-0.05, 0) is 38.5 Å². The predicted molar refractivity (Wildman–Crippen MR) is 246 cm³/mol. The zero-order valence-electron chi connectivity index (χ0n) is 39.4. The highest BCUT2D eigenvalue weighted by Gasteiger charge is 2.27. The molecule has 0 fully saturated rings. The molecule has 0 aromatic rings. The molecule has 0 spiro atoms. The van der Waals surface area contributed by atoms with Crippen molar-refractivity contribution >= 4 is 19.8 Å². The number of aliphatic hydroxyl groups is 2. The maximum atomic E-state index is 12.7. The Morgan fingerprint density at radius 2 is 1.02 bits per heavy atom. The van der Waals surface area contributed by atoms with E-state index in [1.807, 2.05) is 27.2 Å². The number of carbonyl (C=O) groups is 2. The molecule has 0 radical (unpaired) electrons. The van der Waals surface area contributed by atoms with Crippen molar-refractivity contribution in [3.05, 3.63) is 12.2 Å². The molecule has 4 atom stereocenters. The molecular weight excluding hydrogens is 781 g/mol. The number of hydrogen-bond donors (Lipinski definition) is 3. The number of hydrogen-bond acceptors (Lipinski definition) is 9. The van der Waals surface area contributed by atoms with Crippen LogP contribution in [0.1, 0.15) is 219 Å². The number of quaternary nitrogens is 1. The zero-order valence-corrected chi connectivity index (χ0v) is 40.3. The van der Waals surface area contributed by atoms with Crippen molar-refractivity contribution in [1.82, 2.24) is 0 Å². The van der Waals surface area contributed by atoms with Gasteiger partial charge in [0.05, 0.1) is 40.0 Å². The maximum absolute atomic E-state index is 12.7. The molecule has 1 unspecified atom stereocenters. The molecule has 0 amide bonds. The van der Waals surface area contributed by atoms with Gasteiger partial charge in [0, 0.05) is 12.8 Å². The Labute approximate surface area is 368 Å². The number of rotatable bonds is 45. The molecule has 0 heterocycles. The topological polar surface area (TPSA) is 149 Å². The number of allylic oxidation sites excluding steroid dienone is 1. The first-order valence-corrected chi connectivity index (χ1v) is 26.1. The first kappa shape index (κ1) is 58.7. The van der Waals surface area contributed by atoms with Gasteiger partial charge in [0.25, 0.3) is 0 Å². The number of unbranched alkanes of at least 4 members (excludes halogenated alkanes) is 25. The van der Waals surface area contributed by atoms with E-state index in [0.29, 0.717) is 36.7 Å². The van der Waals surface area contributed by atoms with Crippen molar-refractivity contribution in [2.24, 2.45) is 0 Å². The van der Waals surface area contributed by atoms with Crippen LogP contribution in [0.25, 0.3) is 0 Å². The fraction of sp³-hybridized carbons (Fsp3) is 0.917. The van der Waals surface area contributed by atoms with Crippen LogP contribution in [0.5, 0.6) is 0 Å². The average Bonchev–Trinajstić information content (AvgIpc) is 3.19. The molecule has 0 aliphatic heterocycles. The normalized spacial score (nSPS) is 14.6. The van der Waals surface area contributed by atoms with Gasteiger partial charge in [-0.25, -0.2) is 4.57 Å². The van der Waals surface area contributed by atoms with E-state index in [1.165, 1.54) is 109 Å². The smallest absolute Gasteiger partial charge is 0.462 e. The van der Waals surface area contributed by atoms with Crippen molar-refractivity contribution in [3.8, 4) is 0 Å². The van der Waals surface area contributed by atoms with Crippen LogP contribution in [0.15, 0.2) is 12.2 Å². The minimum Gasteiger partial charge on any atom is -0.462 e. The molecule has 0 saturated carbocycles. The highest BCUT2D eigenvalue weighted by molar-refractivity contribution is 7.47. The molecule has 0 aliphatic carbocycles. The van der Waals surface area contributed by atoms with E-state index in [2.05, 4.69) is 19.9 Å². The van der Waals surface area contributed by atoms with Gasteiger partial charge in [0.2, 0.25) is 0 Å². The van der Waals surface area contributed by atoms with Gasteiger partial charge in [-0.15, -0.1) is 0 Å². The first-order chi connectivity index (χ1) is 28.8. The Balaban J connectivity index is 4.36. The third kappa shape index (κ3) is 42.0. The quantitative estimate of drug-likeness (QED) is 0.0177. The zero-order chi connectivity index (χ0) is 44.6. The summed E-state index contributed by atoms with van der Waals surface area (Å²) in [6.07, 6.45) is 35.6. The van der Waals surface area contributed by atoms with E-state index >= 15 is 0 Å². The number of phosphoric ester groups is 1. The SMILES string of the molecule is CCCCC/C=C\C[C@@H](O)[C@H](O)CCCCCCCC(=O)OC[C@H](COP(=O)(O)OCC[N+](C)(C)C)OC(=O)CCCCCCCCCCCCCCCCCCCCC. The number of esters is 2. The highest BCUT2D eigenvalue weighted by atomic mass is 31.2. The molecule has 0 saturated heterocycles. The van der Waals surface area contributed by atoms with Gasteiger partial charge in [-0.3, -0.25) is 18.6 Å². The van der Waals surface area contributed by atoms with Crippen LogP contribution in [0.4, 0.5) is 0 Å². The van der Waals surface area contributed by atoms with Crippen LogP contribution < -0.4 is 0 Å². The number of nitrogens with zero attached hydrogens (tertiary/aromatic N) is 1. The van der Waals surface area contributed by atoms with E-state index in [1.54, 1.807) is 0 Å². The minimum atomic E-state index is -4.41. The summed E-state index contributed by atoms with van der Waals surface area (Å²) in [5, 5.41) is 20.5. The molecule has 356 valence electrons. The lowest BCUT2D eigenvalue weighted by atomic mass is 10.0. The molecule has 0 aromatic heterocycles. The van der Waals surface area contributed by atoms with Gasteiger partial charge in [0.15, 0.2) is 6.10 Å². The van der Waals surface area contributed by atoms with Gasteiger partial charge in [-0.1, -0.05) is 180 Å². The van der Waals surface area contributed by atoms with Gasteiger partial charge < -0.3 is 29.1 Å². The third-order valence-electron chi connectivity index (χ3n) is 11.0. The lowest BCUT2D eigenvalue weighted by Gasteiger charge is -2.24. The van der Waals surface area contributed by atoms with Crippen LogP contribution in [0.3, 0.4) is 0 Å². The van der Waals surface area contributed by atoms with Crippen molar-refractivity contribution in [3.63, 3.8) is 0 Å². The monoisotopic (exact) mass is 877 g/mol.